The van der Waals surface area contributed by atoms with Crippen LogP contribution in [0.25, 0.3) is 0 Å². The minimum absolute atomic E-state index is 0.106. The molecule has 1 aliphatic rings. The zero-order valence-electron chi connectivity index (χ0n) is 14.2. The molecule has 0 spiro atoms. The second-order valence-corrected chi connectivity index (χ2v) is 7.61. The maximum atomic E-state index is 12.5. The molecular formula is C18H20N2O4S. The molecule has 2 aromatic rings. The van der Waals surface area contributed by atoms with Gasteiger partial charge in [-0.1, -0.05) is 0 Å². The summed E-state index contributed by atoms with van der Waals surface area (Å²) in [5.41, 5.74) is 2.14. The van der Waals surface area contributed by atoms with Gasteiger partial charge in [0.1, 0.15) is 5.75 Å². The smallest absolute Gasteiger partial charge is 0.261 e. The van der Waals surface area contributed by atoms with E-state index in [9.17, 15) is 13.2 Å². The van der Waals surface area contributed by atoms with Crippen molar-refractivity contribution in [2.24, 2.45) is 0 Å². The first-order valence-electron chi connectivity index (χ1n) is 7.98. The Morgan fingerprint density at radius 2 is 1.84 bits per heavy atom. The SMILES string of the molecule is COc1ccc(S(=O)(=O)Nc2ccc(N3CCCC3=O)c(C)c2)cc1. The van der Waals surface area contributed by atoms with Crippen LogP contribution in [0.1, 0.15) is 18.4 Å². The van der Waals surface area contributed by atoms with Crippen LogP contribution < -0.4 is 14.4 Å². The van der Waals surface area contributed by atoms with Gasteiger partial charge in [0.05, 0.1) is 12.0 Å². The zero-order valence-corrected chi connectivity index (χ0v) is 15.0. The Hall–Kier alpha value is -2.54. The van der Waals surface area contributed by atoms with Gasteiger partial charge in [-0.05, 0) is 61.4 Å². The number of ether oxygens (including phenoxy) is 1. The van der Waals surface area contributed by atoms with Crippen LogP contribution in [-0.2, 0) is 14.8 Å². The van der Waals surface area contributed by atoms with Crippen LogP contribution >= 0.6 is 0 Å². The van der Waals surface area contributed by atoms with Gasteiger partial charge in [0.2, 0.25) is 5.91 Å². The summed E-state index contributed by atoms with van der Waals surface area (Å²) in [5.74, 6) is 0.698. The number of hydrogen-bond donors (Lipinski definition) is 1. The van der Waals surface area contributed by atoms with Crippen molar-refractivity contribution >= 4 is 27.3 Å². The molecule has 132 valence electrons. The molecule has 1 fully saturated rings. The number of benzene rings is 2. The lowest BCUT2D eigenvalue weighted by Crippen LogP contribution is -2.24. The van der Waals surface area contributed by atoms with Gasteiger partial charge in [0.25, 0.3) is 10.0 Å². The monoisotopic (exact) mass is 360 g/mol. The molecule has 0 aliphatic carbocycles. The quantitative estimate of drug-likeness (QED) is 0.889. The highest BCUT2D eigenvalue weighted by molar-refractivity contribution is 7.92. The summed E-state index contributed by atoms with van der Waals surface area (Å²) in [6.45, 7) is 2.57. The molecule has 6 nitrogen and oxygen atoms in total. The van der Waals surface area contributed by atoms with E-state index in [2.05, 4.69) is 4.72 Å². The first-order chi connectivity index (χ1) is 11.9. The van der Waals surface area contributed by atoms with Gasteiger partial charge in [0, 0.05) is 24.3 Å². The highest BCUT2D eigenvalue weighted by Gasteiger charge is 2.23. The van der Waals surface area contributed by atoms with E-state index in [1.165, 1.54) is 19.2 Å². The molecule has 0 unspecified atom stereocenters. The van der Waals surface area contributed by atoms with Crippen molar-refractivity contribution in [3.8, 4) is 5.75 Å². The molecule has 2 aromatic carbocycles. The third-order valence-corrected chi connectivity index (χ3v) is 5.58. The fourth-order valence-corrected chi connectivity index (χ4v) is 3.94. The zero-order chi connectivity index (χ0) is 18.0. The van der Waals surface area contributed by atoms with E-state index < -0.39 is 10.0 Å². The average Bonchev–Trinajstić information content (AvgIpc) is 3.00. The lowest BCUT2D eigenvalue weighted by atomic mass is 10.1. The van der Waals surface area contributed by atoms with Crippen LogP contribution in [0.5, 0.6) is 5.75 Å². The highest BCUT2D eigenvalue weighted by atomic mass is 32.2. The van der Waals surface area contributed by atoms with Crippen LogP contribution in [0.3, 0.4) is 0 Å². The Balaban J connectivity index is 1.82. The summed E-state index contributed by atoms with van der Waals surface area (Å²) in [6.07, 6.45) is 1.41. The number of hydrogen-bond acceptors (Lipinski definition) is 4. The van der Waals surface area contributed by atoms with E-state index in [0.717, 1.165) is 17.7 Å². The lowest BCUT2D eigenvalue weighted by molar-refractivity contribution is -0.117. The standard InChI is InChI=1S/C18H20N2O4S/c1-13-12-14(5-10-17(13)20-11-3-4-18(20)21)19-25(22,23)16-8-6-15(24-2)7-9-16/h5-10,12,19H,3-4,11H2,1-2H3. The van der Waals surface area contributed by atoms with Crippen LogP contribution in [0.2, 0.25) is 0 Å². The third-order valence-electron chi connectivity index (χ3n) is 4.18. The molecule has 0 aromatic heterocycles. The van der Waals surface area contributed by atoms with Crippen LogP contribution in [0, 0.1) is 6.92 Å². The summed E-state index contributed by atoms with van der Waals surface area (Å²) >= 11 is 0. The van der Waals surface area contributed by atoms with Crippen LogP contribution in [0.4, 0.5) is 11.4 Å². The van der Waals surface area contributed by atoms with Crippen molar-refractivity contribution in [1.82, 2.24) is 0 Å². The highest BCUT2D eigenvalue weighted by Crippen LogP contribution is 2.28. The molecule has 1 N–H and O–H groups in total. The van der Waals surface area contributed by atoms with E-state index in [-0.39, 0.29) is 10.8 Å². The van der Waals surface area contributed by atoms with E-state index in [4.69, 9.17) is 4.74 Å². The Labute approximate surface area is 147 Å². The maximum Gasteiger partial charge on any atom is 0.261 e. The Bertz CT molecular complexity index is 892. The molecule has 7 heteroatoms. The number of anilines is 2. The summed E-state index contributed by atoms with van der Waals surface area (Å²) in [7, 11) is -2.16. The van der Waals surface area contributed by atoms with Gasteiger partial charge in [-0.25, -0.2) is 8.42 Å². The molecule has 1 aliphatic heterocycles. The predicted molar refractivity (Wildman–Crippen MR) is 96.6 cm³/mol. The molecule has 0 radical (unpaired) electrons. The molecule has 1 amide bonds. The maximum absolute atomic E-state index is 12.5. The number of amides is 1. The fraction of sp³-hybridized carbons (Fsp3) is 0.278. The van der Waals surface area contributed by atoms with E-state index >= 15 is 0 Å². The van der Waals surface area contributed by atoms with Crippen molar-refractivity contribution in [3.63, 3.8) is 0 Å². The molecule has 0 atom stereocenters. The van der Waals surface area contributed by atoms with Gasteiger partial charge in [-0.15, -0.1) is 0 Å². The van der Waals surface area contributed by atoms with Crippen LogP contribution in [0.15, 0.2) is 47.4 Å². The van der Waals surface area contributed by atoms with E-state index in [0.29, 0.717) is 24.4 Å². The van der Waals surface area contributed by atoms with Gasteiger partial charge in [-0.2, -0.15) is 0 Å². The Morgan fingerprint density at radius 3 is 2.40 bits per heavy atom. The number of rotatable bonds is 5. The first-order valence-corrected chi connectivity index (χ1v) is 9.47. The molecule has 0 bridgehead atoms. The van der Waals surface area contributed by atoms with Crippen molar-refractivity contribution in [1.29, 1.82) is 0 Å². The lowest BCUT2D eigenvalue weighted by Gasteiger charge is -2.19. The van der Waals surface area contributed by atoms with Gasteiger partial charge < -0.3 is 9.64 Å². The predicted octanol–water partition coefficient (Wildman–Crippen LogP) is 2.93. The number of nitrogens with one attached hydrogen (secondary N) is 1. The number of methoxy groups -OCH3 is 1. The molecular weight excluding hydrogens is 340 g/mol. The fourth-order valence-electron chi connectivity index (χ4n) is 2.89. The van der Waals surface area contributed by atoms with Crippen molar-refractivity contribution in [2.45, 2.75) is 24.7 Å². The first kappa shape index (κ1) is 17.3. The number of aryl methyl sites for hydroxylation is 1. The van der Waals surface area contributed by atoms with E-state index in [1.54, 1.807) is 35.2 Å². The van der Waals surface area contributed by atoms with Crippen LogP contribution in [-0.4, -0.2) is 28.0 Å². The number of nitrogens with zero attached hydrogens (tertiary/aromatic N) is 1. The van der Waals surface area contributed by atoms with Crippen molar-refractivity contribution < 1.29 is 17.9 Å². The Morgan fingerprint density at radius 1 is 1.12 bits per heavy atom. The number of carbonyl (C=O) groups excluding carboxylic acids is 1. The van der Waals surface area contributed by atoms with Crippen molar-refractivity contribution in [2.75, 3.05) is 23.3 Å². The summed E-state index contributed by atoms with van der Waals surface area (Å²) in [5, 5.41) is 0. The largest absolute Gasteiger partial charge is 0.497 e. The topological polar surface area (TPSA) is 75.7 Å². The normalized spacial score (nSPS) is 14.6. The Kier molecular flexibility index (Phi) is 4.67. The minimum atomic E-state index is -3.68. The molecule has 0 saturated carbocycles. The molecule has 1 heterocycles. The second-order valence-electron chi connectivity index (χ2n) is 5.93. The number of sulfonamides is 1. The van der Waals surface area contributed by atoms with Gasteiger partial charge >= 0.3 is 0 Å². The molecule has 1 saturated heterocycles. The summed E-state index contributed by atoms with van der Waals surface area (Å²) in [6, 6.07) is 11.4. The summed E-state index contributed by atoms with van der Waals surface area (Å²) in [4.78, 5) is 13.8. The molecule has 25 heavy (non-hydrogen) atoms. The minimum Gasteiger partial charge on any atom is -0.497 e. The van der Waals surface area contributed by atoms with Gasteiger partial charge in [0.15, 0.2) is 0 Å². The third kappa shape index (κ3) is 3.61. The van der Waals surface area contributed by atoms with Crippen molar-refractivity contribution in [3.05, 3.63) is 48.0 Å². The second kappa shape index (κ2) is 6.76. The van der Waals surface area contributed by atoms with Gasteiger partial charge in [-0.3, -0.25) is 9.52 Å². The summed E-state index contributed by atoms with van der Waals surface area (Å²) < 4.78 is 32.6. The average molecular weight is 360 g/mol. The van der Waals surface area contributed by atoms with E-state index in [1.807, 2.05) is 6.92 Å². The number of carbonyl (C=O) groups is 1. The molecule has 3 rings (SSSR count).